The van der Waals surface area contributed by atoms with E-state index >= 15 is 0 Å². The summed E-state index contributed by atoms with van der Waals surface area (Å²) in [7, 11) is 0. The van der Waals surface area contributed by atoms with Crippen molar-refractivity contribution in [3.63, 3.8) is 0 Å². The lowest BCUT2D eigenvalue weighted by Gasteiger charge is -2.21. The van der Waals surface area contributed by atoms with Crippen LogP contribution in [-0.2, 0) is 6.18 Å². The van der Waals surface area contributed by atoms with Crippen LogP contribution in [0.5, 0.6) is 0 Å². The Bertz CT molecular complexity index is 395. The molecule has 0 radical (unpaired) electrons. The maximum Gasteiger partial charge on any atom is 0.419 e. The third kappa shape index (κ3) is 2.65. The van der Waals surface area contributed by atoms with Crippen molar-refractivity contribution < 1.29 is 13.2 Å². The molecule has 1 atom stereocenters. The average molecular weight is 265 g/mol. The van der Waals surface area contributed by atoms with Crippen molar-refractivity contribution in [2.24, 2.45) is 5.92 Å². The SMILES string of the molecule is FC(F)(F)c1cccnc1N1CCC(CCl)C1. The third-order valence-corrected chi connectivity index (χ3v) is 3.33. The van der Waals surface area contributed by atoms with Gasteiger partial charge in [0.1, 0.15) is 5.82 Å². The fourth-order valence-corrected chi connectivity index (χ4v) is 2.27. The van der Waals surface area contributed by atoms with Crippen molar-refractivity contribution in [2.45, 2.75) is 12.6 Å². The van der Waals surface area contributed by atoms with Gasteiger partial charge in [-0.3, -0.25) is 0 Å². The molecular formula is C11H12ClF3N2. The summed E-state index contributed by atoms with van der Waals surface area (Å²) < 4.78 is 38.4. The average Bonchev–Trinajstić information content (AvgIpc) is 2.76. The summed E-state index contributed by atoms with van der Waals surface area (Å²) in [6, 6.07) is 2.37. The summed E-state index contributed by atoms with van der Waals surface area (Å²) in [5.41, 5.74) is -0.671. The Kier molecular flexibility index (Phi) is 3.47. The predicted molar refractivity (Wildman–Crippen MR) is 60.3 cm³/mol. The second-order valence-corrected chi connectivity index (χ2v) is 4.44. The van der Waals surface area contributed by atoms with Gasteiger partial charge in [0.05, 0.1) is 5.56 Å². The van der Waals surface area contributed by atoms with E-state index in [2.05, 4.69) is 4.98 Å². The van der Waals surface area contributed by atoms with E-state index in [1.807, 2.05) is 0 Å². The molecule has 2 heterocycles. The maximum absolute atomic E-state index is 12.8. The van der Waals surface area contributed by atoms with Crippen molar-refractivity contribution >= 4 is 17.4 Å². The highest BCUT2D eigenvalue weighted by Crippen LogP contribution is 2.36. The molecule has 0 aromatic carbocycles. The summed E-state index contributed by atoms with van der Waals surface area (Å²) in [4.78, 5) is 5.52. The molecule has 2 rings (SSSR count). The van der Waals surface area contributed by atoms with Crippen LogP contribution in [0.4, 0.5) is 19.0 Å². The topological polar surface area (TPSA) is 16.1 Å². The van der Waals surface area contributed by atoms with Gasteiger partial charge in [-0.15, -0.1) is 11.6 Å². The second kappa shape index (κ2) is 4.72. The van der Waals surface area contributed by atoms with E-state index < -0.39 is 11.7 Å². The number of aromatic nitrogens is 1. The summed E-state index contributed by atoms with van der Waals surface area (Å²) >= 11 is 5.72. The Hall–Kier alpha value is -0.970. The molecule has 0 N–H and O–H groups in total. The predicted octanol–water partition coefficient (Wildman–Crippen LogP) is 3.17. The molecule has 6 heteroatoms. The van der Waals surface area contributed by atoms with E-state index in [9.17, 15) is 13.2 Å². The zero-order chi connectivity index (χ0) is 12.5. The Labute approximate surface area is 102 Å². The summed E-state index contributed by atoms with van der Waals surface area (Å²) in [5.74, 6) is 0.748. The Morgan fingerprint density at radius 2 is 2.24 bits per heavy atom. The van der Waals surface area contributed by atoms with Crippen LogP contribution in [0, 0.1) is 5.92 Å². The van der Waals surface area contributed by atoms with Crippen LogP contribution in [0.25, 0.3) is 0 Å². The lowest BCUT2D eigenvalue weighted by Crippen LogP contribution is -2.24. The van der Waals surface area contributed by atoms with Gasteiger partial charge in [0.15, 0.2) is 0 Å². The van der Waals surface area contributed by atoms with Crippen LogP contribution >= 0.6 is 11.6 Å². The standard InChI is InChI=1S/C11H12ClF3N2/c12-6-8-3-5-17(7-8)10-9(11(13,14)15)2-1-4-16-10/h1-2,4,8H,3,5-7H2. The monoisotopic (exact) mass is 264 g/mol. The molecule has 0 saturated carbocycles. The van der Waals surface area contributed by atoms with E-state index in [1.165, 1.54) is 12.3 Å². The molecule has 17 heavy (non-hydrogen) atoms. The molecule has 0 amide bonds. The van der Waals surface area contributed by atoms with E-state index in [1.54, 1.807) is 4.90 Å². The third-order valence-electron chi connectivity index (χ3n) is 2.90. The Morgan fingerprint density at radius 1 is 1.47 bits per heavy atom. The van der Waals surface area contributed by atoms with E-state index in [0.29, 0.717) is 19.0 Å². The van der Waals surface area contributed by atoms with Crippen molar-refractivity contribution in [2.75, 3.05) is 23.9 Å². The zero-order valence-corrected chi connectivity index (χ0v) is 9.80. The molecule has 2 nitrogen and oxygen atoms in total. The first-order valence-corrected chi connectivity index (χ1v) is 5.89. The highest BCUT2D eigenvalue weighted by atomic mass is 35.5. The maximum atomic E-state index is 12.8. The van der Waals surface area contributed by atoms with Crippen molar-refractivity contribution in [1.82, 2.24) is 4.98 Å². The quantitative estimate of drug-likeness (QED) is 0.763. The molecule has 1 unspecified atom stereocenters. The largest absolute Gasteiger partial charge is 0.419 e. The molecule has 0 aliphatic carbocycles. The summed E-state index contributed by atoms with van der Waals surface area (Å²) in [5, 5.41) is 0. The number of halogens is 4. The Balaban J connectivity index is 2.27. The van der Waals surface area contributed by atoms with Gasteiger partial charge in [0, 0.05) is 25.2 Å². The van der Waals surface area contributed by atoms with Crippen LogP contribution < -0.4 is 4.90 Å². The van der Waals surface area contributed by atoms with Gasteiger partial charge in [-0.05, 0) is 24.5 Å². The molecule has 1 aliphatic rings. The highest BCUT2D eigenvalue weighted by molar-refractivity contribution is 6.18. The minimum atomic E-state index is -4.36. The van der Waals surface area contributed by atoms with Crippen LogP contribution in [0.2, 0.25) is 0 Å². The summed E-state index contributed by atoms with van der Waals surface area (Å²) in [6.45, 7) is 1.13. The van der Waals surface area contributed by atoms with Gasteiger partial charge in [-0.2, -0.15) is 13.2 Å². The molecule has 0 spiro atoms. The van der Waals surface area contributed by atoms with E-state index in [-0.39, 0.29) is 11.7 Å². The highest BCUT2D eigenvalue weighted by Gasteiger charge is 2.37. The van der Waals surface area contributed by atoms with Gasteiger partial charge < -0.3 is 4.90 Å². The van der Waals surface area contributed by atoms with Crippen LogP contribution in [-0.4, -0.2) is 24.0 Å². The minimum Gasteiger partial charge on any atom is -0.356 e. The number of pyridine rings is 1. The van der Waals surface area contributed by atoms with Gasteiger partial charge in [0.2, 0.25) is 0 Å². The molecule has 1 saturated heterocycles. The second-order valence-electron chi connectivity index (χ2n) is 4.13. The van der Waals surface area contributed by atoms with E-state index in [0.717, 1.165) is 12.5 Å². The molecule has 1 aliphatic heterocycles. The lowest BCUT2D eigenvalue weighted by molar-refractivity contribution is -0.137. The first kappa shape index (κ1) is 12.5. The zero-order valence-electron chi connectivity index (χ0n) is 9.04. The number of nitrogens with zero attached hydrogens (tertiary/aromatic N) is 2. The smallest absolute Gasteiger partial charge is 0.356 e. The first-order valence-electron chi connectivity index (χ1n) is 5.35. The van der Waals surface area contributed by atoms with Crippen molar-refractivity contribution in [3.05, 3.63) is 23.9 Å². The van der Waals surface area contributed by atoms with Crippen LogP contribution in [0.15, 0.2) is 18.3 Å². The van der Waals surface area contributed by atoms with E-state index in [4.69, 9.17) is 11.6 Å². The lowest BCUT2D eigenvalue weighted by atomic mass is 10.2. The van der Waals surface area contributed by atoms with Gasteiger partial charge in [-0.1, -0.05) is 0 Å². The van der Waals surface area contributed by atoms with Gasteiger partial charge in [-0.25, -0.2) is 4.98 Å². The first-order chi connectivity index (χ1) is 8.02. The minimum absolute atomic E-state index is 0.0209. The van der Waals surface area contributed by atoms with Crippen LogP contribution in [0.3, 0.4) is 0 Å². The van der Waals surface area contributed by atoms with Gasteiger partial charge >= 0.3 is 6.18 Å². The fourth-order valence-electron chi connectivity index (χ4n) is 2.02. The number of rotatable bonds is 2. The molecule has 94 valence electrons. The molecule has 1 aromatic heterocycles. The normalized spacial score (nSPS) is 20.9. The number of anilines is 1. The molecule has 0 bridgehead atoms. The summed E-state index contributed by atoms with van der Waals surface area (Å²) in [6.07, 6.45) is -2.15. The number of hydrogen-bond acceptors (Lipinski definition) is 2. The van der Waals surface area contributed by atoms with Crippen molar-refractivity contribution in [1.29, 1.82) is 0 Å². The van der Waals surface area contributed by atoms with Gasteiger partial charge in [0.25, 0.3) is 0 Å². The number of alkyl halides is 4. The van der Waals surface area contributed by atoms with Crippen LogP contribution in [0.1, 0.15) is 12.0 Å². The molecule has 1 aromatic rings. The molecular weight excluding hydrogens is 253 g/mol. The molecule has 1 fully saturated rings. The number of hydrogen-bond donors (Lipinski definition) is 0. The fraction of sp³-hybridized carbons (Fsp3) is 0.545. The van der Waals surface area contributed by atoms with Crippen molar-refractivity contribution in [3.8, 4) is 0 Å². The Morgan fingerprint density at radius 3 is 2.82 bits per heavy atom.